The van der Waals surface area contributed by atoms with Crippen LogP contribution in [0, 0.1) is 6.92 Å². The number of fused-ring (bicyclic) bond motifs is 1. The van der Waals surface area contributed by atoms with Gasteiger partial charge in [-0.1, -0.05) is 49.2 Å². The standard InChI is InChI=1S/C26H26N4O3S/c1-17-24-22(16-23(18-9-4-3-5-10-18)28-25(24)30(2)29-17)26(31)27-19-11-8-14-21(15-19)34(32,33)20-12-6-7-13-20/h3-5,8-11,14-16,20H,6-7,12-13H2,1-2H3,(H,27,31). The number of aryl methyl sites for hydroxylation is 2. The number of nitrogens with one attached hydrogen (secondary N) is 1. The van der Waals surface area contributed by atoms with Crippen molar-refractivity contribution < 1.29 is 13.2 Å². The lowest BCUT2D eigenvalue weighted by Crippen LogP contribution is -2.18. The van der Waals surface area contributed by atoms with E-state index in [1.165, 1.54) is 0 Å². The van der Waals surface area contributed by atoms with Crippen molar-refractivity contribution in [1.82, 2.24) is 14.8 Å². The molecule has 2 heterocycles. The number of carbonyl (C=O) groups excluding carboxylic acids is 1. The molecule has 0 unspecified atom stereocenters. The smallest absolute Gasteiger partial charge is 0.256 e. The molecule has 1 saturated carbocycles. The van der Waals surface area contributed by atoms with E-state index in [9.17, 15) is 13.2 Å². The van der Waals surface area contributed by atoms with Gasteiger partial charge in [-0.3, -0.25) is 9.48 Å². The highest BCUT2D eigenvalue weighted by Gasteiger charge is 2.30. The Labute approximate surface area is 198 Å². The Morgan fingerprint density at radius 1 is 1.03 bits per heavy atom. The first-order chi connectivity index (χ1) is 16.3. The quantitative estimate of drug-likeness (QED) is 0.443. The Kier molecular flexibility index (Phi) is 5.69. The molecule has 8 heteroatoms. The lowest BCUT2D eigenvalue weighted by atomic mass is 10.0. The molecule has 0 atom stereocenters. The molecule has 1 aliphatic rings. The summed E-state index contributed by atoms with van der Waals surface area (Å²) in [7, 11) is -1.62. The van der Waals surface area contributed by atoms with E-state index in [2.05, 4.69) is 10.4 Å². The van der Waals surface area contributed by atoms with Gasteiger partial charge in [-0.25, -0.2) is 13.4 Å². The van der Waals surface area contributed by atoms with Crippen molar-refractivity contribution in [2.75, 3.05) is 5.32 Å². The monoisotopic (exact) mass is 474 g/mol. The maximum absolute atomic E-state index is 13.5. The summed E-state index contributed by atoms with van der Waals surface area (Å²) in [6.45, 7) is 1.85. The summed E-state index contributed by atoms with van der Waals surface area (Å²) in [5, 5.41) is 7.69. The molecule has 5 rings (SSSR count). The second-order valence-electron chi connectivity index (χ2n) is 8.76. The maximum Gasteiger partial charge on any atom is 0.256 e. The topological polar surface area (TPSA) is 93.9 Å². The van der Waals surface area contributed by atoms with Crippen molar-refractivity contribution >= 4 is 32.5 Å². The van der Waals surface area contributed by atoms with Crippen molar-refractivity contribution in [3.05, 3.63) is 71.9 Å². The zero-order valence-electron chi connectivity index (χ0n) is 19.2. The van der Waals surface area contributed by atoms with Gasteiger partial charge in [-0.2, -0.15) is 5.10 Å². The average molecular weight is 475 g/mol. The van der Waals surface area contributed by atoms with Gasteiger partial charge in [0.15, 0.2) is 15.5 Å². The molecule has 2 aromatic carbocycles. The molecule has 34 heavy (non-hydrogen) atoms. The second-order valence-corrected chi connectivity index (χ2v) is 11.0. The van der Waals surface area contributed by atoms with Crippen LogP contribution in [0.1, 0.15) is 41.7 Å². The Hall–Kier alpha value is -3.52. The molecule has 0 bridgehead atoms. The average Bonchev–Trinajstić information content (AvgIpc) is 3.48. The first-order valence-corrected chi connectivity index (χ1v) is 12.9. The van der Waals surface area contributed by atoms with E-state index in [1.54, 1.807) is 42.1 Å². The molecule has 2 aromatic heterocycles. The van der Waals surface area contributed by atoms with E-state index < -0.39 is 9.84 Å². The first-order valence-electron chi connectivity index (χ1n) is 11.4. The predicted octanol–water partition coefficient (Wildman–Crippen LogP) is 4.91. The van der Waals surface area contributed by atoms with Crippen molar-refractivity contribution in [3.8, 4) is 11.3 Å². The minimum atomic E-state index is -3.42. The molecule has 174 valence electrons. The molecule has 0 saturated heterocycles. The summed E-state index contributed by atoms with van der Waals surface area (Å²) in [5.41, 5.74) is 3.75. The molecule has 0 spiro atoms. The number of hydrogen-bond donors (Lipinski definition) is 1. The van der Waals surface area contributed by atoms with Crippen molar-refractivity contribution in [2.24, 2.45) is 7.05 Å². The fourth-order valence-corrected chi connectivity index (χ4v) is 6.62. The van der Waals surface area contributed by atoms with Crippen LogP contribution in [-0.2, 0) is 16.9 Å². The molecule has 1 fully saturated rings. The molecular formula is C26H26N4O3S. The highest BCUT2D eigenvalue weighted by molar-refractivity contribution is 7.92. The number of pyridine rings is 1. The lowest BCUT2D eigenvalue weighted by Gasteiger charge is -2.13. The third kappa shape index (κ3) is 3.98. The maximum atomic E-state index is 13.5. The van der Waals surface area contributed by atoms with E-state index >= 15 is 0 Å². The second kappa shape index (κ2) is 8.68. The van der Waals surface area contributed by atoms with Gasteiger partial charge in [-0.05, 0) is 44.0 Å². The van der Waals surface area contributed by atoms with Gasteiger partial charge in [0.1, 0.15) is 0 Å². The van der Waals surface area contributed by atoms with Gasteiger partial charge in [0.05, 0.1) is 32.5 Å². The number of aromatic nitrogens is 3. The number of amides is 1. The zero-order valence-corrected chi connectivity index (χ0v) is 20.0. The number of benzene rings is 2. The van der Waals surface area contributed by atoms with Crippen LogP contribution in [-0.4, -0.2) is 34.3 Å². The van der Waals surface area contributed by atoms with Crippen LogP contribution < -0.4 is 5.32 Å². The van der Waals surface area contributed by atoms with Crippen LogP contribution in [0.15, 0.2) is 65.6 Å². The Balaban J connectivity index is 1.53. The number of carbonyl (C=O) groups is 1. The number of sulfone groups is 1. The summed E-state index contributed by atoms with van der Waals surface area (Å²) < 4.78 is 27.7. The summed E-state index contributed by atoms with van der Waals surface area (Å²) >= 11 is 0. The predicted molar refractivity (Wildman–Crippen MR) is 133 cm³/mol. The van der Waals surface area contributed by atoms with Crippen LogP contribution in [0.4, 0.5) is 5.69 Å². The lowest BCUT2D eigenvalue weighted by molar-refractivity contribution is 0.102. The summed E-state index contributed by atoms with van der Waals surface area (Å²) in [6.07, 6.45) is 3.26. The van der Waals surface area contributed by atoms with Gasteiger partial charge in [0.2, 0.25) is 0 Å². The highest BCUT2D eigenvalue weighted by atomic mass is 32.2. The van der Waals surface area contributed by atoms with Crippen LogP contribution in [0.2, 0.25) is 0 Å². The Morgan fingerprint density at radius 2 is 1.76 bits per heavy atom. The van der Waals surface area contributed by atoms with E-state index in [1.807, 2.05) is 37.3 Å². The fourth-order valence-electron chi connectivity index (χ4n) is 4.72. The molecular weight excluding hydrogens is 448 g/mol. The Morgan fingerprint density at radius 3 is 2.50 bits per heavy atom. The van der Waals surface area contributed by atoms with Gasteiger partial charge >= 0.3 is 0 Å². The number of nitrogens with zero attached hydrogens (tertiary/aromatic N) is 3. The third-order valence-electron chi connectivity index (χ3n) is 6.44. The zero-order chi connectivity index (χ0) is 23.9. The fraction of sp³-hybridized carbons (Fsp3) is 0.269. The van der Waals surface area contributed by atoms with Crippen LogP contribution >= 0.6 is 0 Å². The molecule has 0 aliphatic heterocycles. The number of rotatable bonds is 5. The molecule has 1 amide bonds. The van der Waals surface area contributed by atoms with Gasteiger partial charge in [0, 0.05) is 18.3 Å². The van der Waals surface area contributed by atoms with Gasteiger partial charge < -0.3 is 5.32 Å². The molecule has 1 N–H and O–H groups in total. The summed E-state index contributed by atoms with van der Waals surface area (Å²) in [6, 6.07) is 18.0. The number of anilines is 1. The van der Waals surface area contributed by atoms with Crippen LogP contribution in [0.5, 0.6) is 0 Å². The van der Waals surface area contributed by atoms with Crippen molar-refractivity contribution in [3.63, 3.8) is 0 Å². The third-order valence-corrected chi connectivity index (χ3v) is 8.70. The van der Waals surface area contributed by atoms with Crippen molar-refractivity contribution in [1.29, 1.82) is 0 Å². The van der Waals surface area contributed by atoms with Gasteiger partial charge in [0.25, 0.3) is 5.91 Å². The molecule has 0 radical (unpaired) electrons. The Bertz CT molecular complexity index is 1490. The highest BCUT2D eigenvalue weighted by Crippen LogP contribution is 2.31. The minimum absolute atomic E-state index is 0.250. The molecule has 7 nitrogen and oxygen atoms in total. The largest absolute Gasteiger partial charge is 0.322 e. The van der Waals surface area contributed by atoms with E-state index in [0.717, 1.165) is 18.4 Å². The van der Waals surface area contributed by atoms with E-state index in [4.69, 9.17) is 4.98 Å². The van der Waals surface area contributed by atoms with E-state index in [0.29, 0.717) is 46.5 Å². The van der Waals surface area contributed by atoms with Crippen LogP contribution in [0.3, 0.4) is 0 Å². The van der Waals surface area contributed by atoms with E-state index in [-0.39, 0.29) is 16.1 Å². The number of hydrogen-bond acceptors (Lipinski definition) is 5. The van der Waals surface area contributed by atoms with Gasteiger partial charge in [-0.15, -0.1) is 0 Å². The molecule has 1 aliphatic carbocycles. The van der Waals surface area contributed by atoms with Crippen molar-refractivity contribution in [2.45, 2.75) is 42.8 Å². The molecule has 4 aromatic rings. The minimum Gasteiger partial charge on any atom is -0.322 e. The van der Waals surface area contributed by atoms with Crippen LogP contribution in [0.25, 0.3) is 22.3 Å². The normalized spacial score (nSPS) is 14.5. The SMILES string of the molecule is Cc1nn(C)c2nc(-c3ccccc3)cc(C(=O)Nc3cccc(S(=O)(=O)C4CCCC4)c3)c12. The summed E-state index contributed by atoms with van der Waals surface area (Å²) in [5.74, 6) is -0.337. The summed E-state index contributed by atoms with van der Waals surface area (Å²) in [4.78, 5) is 18.5. The first kappa shape index (κ1) is 22.3.